The molecule has 0 heterocycles. The molecule has 3 nitrogen and oxygen atoms in total. The van der Waals surface area contributed by atoms with Crippen molar-refractivity contribution in [1.82, 2.24) is 0 Å². The maximum atomic E-state index is 2.38. The van der Waals surface area contributed by atoms with E-state index < -0.39 is 0 Å². The average Bonchev–Trinajstić information content (AvgIpc) is 2.78. The summed E-state index contributed by atoms with van der Waals surface area (Å²) in [5, 5.41) is 0. The normalized spacial score (nSPS) is 11.4. The molecule has 1 aliphatic carbocycles. The van der Waals surface area contributed by atoms with Crippen molar-refractivity contribution >= 4 is 26.9 Å². The van der Waals surface area contributed by atoms with E-state index in [-0.39, 0.29) is 57.5 Å². The summed E-state index contributed by atoms with van der Waals surface area (Å²) >= 11 is 0. The van der Waals surface area contributed by atoms with Gasteiger partial charge in [-0.1, -0.05) is 42.5 Å². The molecular formula is C27H38MoN2OPW+. The number of hydrogen-bond donors (Lipinski definition) is 0. The van der Waals surface area contributed by atoms with Gasteiger partial charge in [0, 0.05) is 73.1 Å². The van der Waals surface area contributed by atoms with Crippen LogP contribution in [0.1, 0.15) is 38.8 Å². The van der Waals surface area contributed by atoms with Gasteiger partial charge in [0.05, 0.1) is 0 Å². The molecule has 3 rings (SSSR count). The molecule has 0 saturated heterocycles. The van der Waals surface area contributed by atoms with Crippen LogP contribution in [0.25, 0.3) is 5.57 Å². The van der Waals surface area contributed by atoms with Gasteiger partial charge in [-0.25, -0.2) is 4.58 Å². The molecule has 2 aromatic carbocycles. The second-order valence-electron chi connectivity index (χ2n) is 7.18. The summed E-state index contributed by atoms with van der Waals surface area (Å²) in [6.45, 7) is 12.9. The van der Waals surface area contributed by atoms with Crippen LogP contribution in [-0.4, -0.2) is 41.9 Å². The van der Waals surface area contributed by atoms with Crippen molar-refractivity contribution in [2.45, 2.75) is 27.7 Å². The van der Waals surface area contributed by atoms with Gasteiger partial charge >= 0.3 is 0 Å². The van der Waals surface area contributed by atoms with Crippen LogP contribution in [0, 0.1) is 0 Å². The molecule has 33 heavy (non-hydrogen) atoms. The van der Waals surface area contributed by atoms with Crippen molar-refractivity contribution in [2.75, 3.05) is 31.1 Å². The van der Waals surface area contributed by atoms with E-state index >= 15 is 0 Å². The van der Waals surface area contributed by atoms with Crippen molar-refractivity contribution in [3.05, 3.63) is 95.6 Å². The van der Waals surface area contributed by atoms with Crippen LogP contribution in [0.3, 0.4) is 0 Å². The molecule has 0 fully saturated rings. The first-order valence-corrected chi connectivity index (χ1v) is 10.8. The second-order valence-corrected chi connectivity index (χ2v) is 7.18. The van der Waals surface area contributed by atoms with Gasteiger partial charge in [0.2, 0.25) is 0 Å². The van der Waals surface area contributed by atoms with E-state index in [1.165, 1.54) is 33.7 Å². The van der Waals surface area contributed by atoms with Crippen LogP contribution in [0.2, 0.25) is 0 Å². The molecule has 0 bridgehead atoms. The SMILES string of the molecule is CCN(CC)c1ccc(C(=C2C=CC(=[N+](CC)CC)C=C2)c2ccccc2)cc1.O.P.[Mo].[W]. The number of benzene rings is 2. The van der Waals surface area contributed by atoms with Crippen molar-refractivity contribution in [3.8, 4) is 0 Å². The van der Waals surface area contributed by atoms with E-state index in [4.69, 9.17) is 0 Å². The Balaban J connectivity index is 0. The molecule has 2 aromatic rings. The Hall–Kier alpha value is -1.10. The summed E-state index contributed by atoms with van der Waals surface area (Å²) in [6, 6.07) is 19.7. The van der Waals surface area contributed by atoms with Crippen LogP contribution in [0.5, 0.6) is 0 Å². The van der Waals surface area contributed by atoms with Gasteiger partial charge in [0.1, 0.15) is 13.1 Å². The zero-order valence-corrected chi connectivity index (χ0v) is 26.6. The Morgan fingerprint density at radius 1 is 0.727 bits per heavy atom. The topological polar surface area (TPSA) is 37.8 Å². The third kappa shape index (κ3) is 8.56. The Bertz CT molecular complexity index is 926. The maximum absolute atomic E-state index is 2.38. The molecule has 0 saturated carbocycles. The number of nitrogens with zero attached hydrogens (tertiary/aromatic N) is 2. The minimum atomic E-state index is 0. The molecule has 6 heteroatoms. The molecule has 1 atom stereocenters. The van der Waals surface area contributed by atoms with E-state index in [2.05, 4.69) is 116 Å². The zero-order chi connectivity index (χ0) is 20.6. The van der Waals surface area contributed by atoms with Gasteiger partial charge < -0.3 is 10.4 Å². The predicted molar refractivity (Wildman–Crippen MR) is 142 cm³/mol. The molecular weight excluding hydrogens is 679 g/mol. The van der Waals surface area contributed by atoms with Crippen LogP contribution in [-0.2, 0) is 42.1 Å². The second kappa shape index (κ2) is 17.3. The van der Waals surface area contributed by atoms with Gasteiger partial charge in [-0.2, -0.15) is 9.90 Å². The van der Waals surface area contributed by atoms with Crippen LogP contribution < -0.4 is 4.90 Å². The fourth-order valence-corrected chi connectivity index (χ4v) is 3.96. The Morgan fingerprint density at radius 3 is 1.67 bits per heavy atom. The first-order valence-electron chi connectivity index (χ1n) is 10.8. The molecule has 2 N–H and O–H groups in total. The van der Waals surface area contributed by atoms with Gasteiger partial charge in [-0.05, 0) is 74.3 Å². The van der Waals surface area contributed by atoms with Crippen molar-refractivity contribution < 1.29 is 52.2 Å². The first-order chi connectivity index (χ1) is 14.2. The quantitative estimate of drug-likeness (QED) is 0.221. The van der Waals surface area contributed by atoms with Crippen LogP contribution in [0.4, 0.5) is 5.69 Å². The van der Waals surface area contributed by atoms with Crippen LogP contribution >= 0.6 is 9.90 Å². The van der Waals surface area contributed by atoms with Crippen molar-refractivity contribution in [2.24, 2.45) is 0 Å². The van der Waals surface area contributed by atoms with E-state index in [0.717, 1.165) is 26.2 Å². The minimum Gasteiger partial charge on any atom is -0.412 e. The molecule has 178 valence electrons. The molecule has 1 unspecified atom stereocenters. The molecule has 0 amide bonds. The van der Waals surface area contributed by atoms with Gasteiger partial charge in [-0.15, -0.1) is 0 Å². The standard InChI is InChI=1S/C27H33N2.Mo.H2O.H3P.W/c1-5-28(6-2)25-18-14-23(15-19-25)27(22-12-10-9-11-13-22)24-16-20-26(21-17-24)29(7-3)8-4;;;;/h9-21H,5-8H2,1-4H3;;1H2;1H3;/q+1;;;;. The average molecular weight is 717 g/mol. The number of rotatable bonds is 7. The van der Waals surface area contributed by atoms with Gasteiger partial charge in [-0.3, -0.25) is 0 Å². The monoisotopic (exact) mass is 719 g/mol. The van der Waals surface area contributed by atoms with E-state index in [1.807, 2.05) is 0 Å². The third-order valence-corrected chi connectivity index (χ3v) is 5.63. The number of anilines is 1. The van der Waals surface area contributed by atoms with Crippen molar-refractivity contribution in [3.63, 3.8) is 0 Å². The predicted octanol–water partition coefficient (Wildman–Crippen LogP) is 5.18. The largest absolute Gasteiger partial charge is 0.412 e. The fourth-order valence-electron chi connectivity index (χ4n) is 3.96. The zero-order valence-electron chi connectivity index (χ0n) is 20.3. The molecule has 0 radical (unpaired) electrons. The maximum Gasteiger partial charge on any atom is 0.199 e. The van der Waals surface area contributed by atoms with E-state index in [0.29, 0.717) is 0 Å². The van der Waals surface area contributed by atoms with E-state index in [1.54, 1.807) is 0 Å². The smallest absolute Gasteiger partial charge is 0.199 e. The Labute approximate surface area is 232 Å². The van der Waals surface area contributed by atoms with Crippen molar-refractivity contribution in [1.29, 1.82) is 0 Å². The Morgan fingerprint density at radius 2 is 1.21 bits per heavy atom. The first kappa shape index (κ1) is 34.1. The number of allylic oxidation sites excluding steroid dienone is 5. The Kier molecular flexibility index (Phi) is 17.9. The van der Waals surface area contributed by atoms with E-state index in [9.17, 15) is 0 Å². The van der Waals surface area contributed by atoms with Crippen LogP contribution in [0.15, 0.2) is 84.5 Å². The number of hydrogen-bond acceptors (Lipinski definition) is 1. The molecule has 0 aliphatic heterocycles. The third-order valence-electron chi connectivity index (χ3n) is 5.63. The summed E-state index contributed by atoms with van der Waals surface area (Å²) in [4.78, 5) is 2.38. The molecule has 0 aromatic heterocycles. The molecule has 1 aliphatic rings. The minimum absolute atomic E-state index is 0. The summed E-state index contributed by atoms with van der Waals surface area (Å²) in [5.74, 6) is 0. The fraction of sp³-hybridized carbons (Fsp3) is 0.296. The summed E-state index contributed by atoms with van der Waals surface area (Å²) < 4.78 is 2.38. The molecule has 0 spiro atoms. The summed E-state index contributed by atoms with van der Waals surface area (Å²) in [7, 11) is 0. The van der Waals surface area contributed by atoms with Gasteiger partial charge in [0.15, 0.2) is 5.71 Å². The van der Waals surface area contributed by atoms with Gasteiger partial charge in [0.25, 0.3) is 0 Å². The summed E-state index contributed by atoms with van der Waals surface area (Å²) in [6.07, 6.45) is 9.01. The summed E-state index contributed by atoms with van der Waals surface area (Å²) in [5.41, 5.74) is 7.60.